The molecular weight excluding hydrogens is 312 g/mol. The highest BCUT2D eigenvalue weighted by Crippen LogP contribution is 2.31. The molecule has 0 saturated heterocycles. The summed E-state index contributed by atoms with van der Waals surface area (Å²) in [6.07, 6.45) is 7.36. The monoisotopic (exact) mass is 334 g/mol. The van der Waals surface area contributed by atoms with E-state index in [1.165, 1.54) is 12.8 Å². The van der Waals surface area contributed by atoms with Crippen molar-refractivity contribution in [2.75, 3.05) is 6.54 Å². The van der Waals surface area contributed by atoms with Crippen LogP contribution < -0.4 is 11.1 Å². The molecule has 1 aliphatic rings. The lowest BCUT2D eigenvalue weighted by Gasteiger charge is -2.11. The molecule has 6 heteroatoms. The van der Waals surface area contributed by atoms with Crippen LogP contribution in [0.25, 0.3) is 5.69 Å². The summed E-state index contributed by atoms with van der Waals surface area (Å²) in [6.45, 7) is 0.590. The van der Waals surface area contributed by atoms with E-state index in [1.54, 1.807) is 0 Å². The first-order valence-corrected chi connectivity index (χ1v) is 7.83. The molecule has 1 atom stereocenters. The minimum atomic E-state index is 0. The molecule has 5 nitrogen and oxygen atoms in total. The van der Waals surface area contributed by atoms with E-state index < -0.39 is 0 Å². The number of halogens is 1. The third-order valence-electron chi connectivity index (χ3n) is 4.06. The highest BCUT2D eigenvalue weighted by Gasteiger charge is 2.28. The van der Waals surface area contributed by atoms with Gasteiger partial charge in [-0.1, -0.05) is 18.2 Å². The maximum absolute atomic E-state index is 11.8. The van der Waals surface area contributed by atoms with Crippen LogP contribution in [0.15, 0.2) is 42.7 Å². The van der Waals surface area contributed by atoms with Crippen LogP contribution in [0, 0.1) is 5.92 Å². The van der Waals surface area contributed by atoms with E-state index in [-0.39, 0.29) is 24.4 Å². The summed E-state index contributed by atoms with van der Waals surface area (Å²) in [5.41, 5.74) is 8.06. The summed E-state index contributed by atoms with van der Waals surface area (Å²) >= 11 is 0. The zero-order chi connectivity index (χ0) is 15.4. The van der Waals surface area contributed by atoms with Crippen molar-refractivity contribution in [2.45, 2.75) is 31.7 Å². The van der Waals surface area contributed by atoms with Gasteiger partial charge >= 0.3 is 0 Å². The predicted octanol–water partition coefficient (Wildman–Crippen LogP) is 2.08. The fraction of sp³-hybridized carbons (Fsp3) is 0.412. The maximum Gasteiger partial charge on any atom is 0.220 e. The van der Waals surface area contributed by atoms with Crippen molar-refractivity contribution >= 4 is 18.3 Å². The Labute approximate surface area is 142 Å². The molecule has 3 rings (SSSR count). The van der Waals surface area contributed by atoms with E-state index >= 15 is 0 Å². The molecule has 0 spiro atoms. The average molecular weight is 335 g/mol. The fourth-order valence-corrected chi connectivity index (χ4v) is 2.48. The molecule has 23 heavy (non-hydrogen) atoms. The van der Waals surface area contributed by atoms with Crippen LogP contribution in [-0.2, 0) is 11.2 Å². The zero-order valence-corrected chi connectivity index (χ0v) is 13.8. The number of nitrogens with two attached hydrogens (primary N) is 1. The van der Waals surface area contributed by atoms with Crippen molar-refractivity contribution < 1.29 is 4.79 Å². The van der Waals surface area contributed by atoms with E-state index in [0.717, 1.165) is 11.3 Å². The highest BCUT2D eigenvalue weighted by molar-refractivity contribution is 5.85. The van der Waals surface area contributed by atoms with Crippen LogP contribution >= 0.6 is 12.4 Å². The van der Waals surface area contributed by atoms with Gasteiger partial charge in [0.1, 0.15) is 0 Å². The fourth-order valence-electron chi connectivity index (χ4n) is 2.48. The Balaban J connectivity index is 0.00000192. The van der Waals surface area contributed by atoms with Gasteiger partial charge in [0.15, 0.2) is 0 Å². The lowest BCUT2D eigenvalue weighted by atomic mass is 10.1. The van der Waals surface area contributed by atoms with Crippen molar-refractivity contribution in [2.24, 2.45) is 11.7 Å². The first kappa shape index (κ1) is 17.5. The van der Waals surface area contributed by atoms with Crippen molar-refractivity contribution in [3.05, 3.63) is 48.3 Å². The lowest BCUT2D eigenvalue weighted by molar-refractivity contribution is -0.121. The van der Waals surface area contributed by atoms with Gasteiger partial charge < -0.3 is 11.1 Å². The van der Waals surface area contributed by atoms with E-state index in [4.69, 9.17) is 5.73 Å². The number of aryl methyl sites for hydroxylation is 1. The van der Waals surface area contributed by atoms with Crippen molar-refractivity contribution in [1.82, 2.24) is 15.1 Å². The Bertz CT molecular complexity index is 625. The predicted molar refractivity (Wildman–Crippen MR) is 92.8 cm³/mol. The molecule has 1 heterocycles. The summed E-state index contributed by atoms with van der Waals surface area (Å²) in [4.78, 5) is 11.8. The van der Waals surface area contributed by atoms with E-state index in [2.05, 4.69) is 10.4 Å². The molecule has 1 saturated carbocycles. The Hall–Kier alpha value is -1.85. The zero-order valence-electron chi connectivity index (χ0n) is 13.0. The van der Waals surface area contributed by atoms with Crippen LogP contribution in [0.4, 0.5) is 0 Å². The van der Waals surface area contributed by atoms with Crippen LogP contribution in [0.1, 0.15) is 24.8 Å². The molecule has 1 aromatic carbocycles. The number of rotatable bonds is 7. The third-order valence-corrected chi connectivity index (χ3v) is 4.06. The van der Waals surface area contributed by atoms with Gasteiger partial charge in [0.2, 0.25) is 5.91 Å². The Morgan fingerprint density at radius 2 is 2.09 bits per heavy atom. The molecule has 1 aliphatic carbocycles. The summed E-state index contributed by atoms with van der Waals surface area (Å²) in [5.74, 6) is 0.674. The van der Waals surface area contributed by atoms with Gasteiger partial charge in [-0.3, -0.25) is 4.79 Å². The second-order valence-corrected chi connectivity index (χ2v) is 5.93. The third kappa shape index (κ3) is 5.08. The van der Waals surface area contributed by atoms with Gasteiger partial charge in [0.05, 0.1) is 11.9 Å². The number of carbonyl (C=O) groups excluding carboxylic acids is 1. The van der Waals surface area contributed by atoms with Gasteiger partial charge in [-0.15, -0.1) is 12.4 Å². The lowest BCUT2D eigenvalue weighted by Crippen LogP contribution is -2.38. The molecule has 1 amide bonds. The topological polar surface area (TPSA) is 72.9 Å². The van der Waals surface area contributed by atoms with Crippen molar-refractivity contribution in [3.63, 3.8) is 0 Å². The highest BCUT2D eigenvalue weighted by atomic mass is 35.5. The second kappa shape index (κ2) is 8.13. The minimum absolute atomic E-state index is 0. The Morgan fingerprint density at radius 3 is 2.78 bits per heavy atom. The summed E-state index contributed by atoms with van der Waals surface area (Å²) in [5, 5.41) is 7.26. The smallest absolute Gasteiger partial charge is 0.220 e. The van der Waals surface area contributed by atoms with Gasteiger partial charge in [0, 0.05) is 25.2 Å². The number of hydrogen-bond acceptors (Lipinski definition) is 3. The number of para-hydroxylation sites is 1. The van der Waals surface area contributed by atoms with Gasteiger partial charge in [-0.2, -0.15) is 5.10 Å². The second-order valence-electron chi connectivity index (χ2n) is 5.93. The first-order chi connectivity index (χ1) is 10.7. The molecule has 2 aromatic rings. The number of aromatic nitrogens is 2. The van der Waals surface area contributed by atoms with Gasteiger partial charge in [-0.25, -0.2) is 4.68 Å². The number of nitrogens with one attached hydrogen (secondary N) is 1. The standard InChI is InChI=1S/C17H22N4O.ClH/c18-16(14-7-8-14)11-19-17(22)9-6-13-10-20-21(12-13)15-4-2-1-3-5-15;/h1-5,10,12,14,16H,6-9,11,18H2,(H,19,22);1H. The molecule has 0 radical (unpaired) electrons. The minimum Gasteiger partial charge on any atom is -0.355 e. The molecular formula is C17H23ClN4O. The number of amides is 1. The van der Waals surface area contributed by atoms with Crippen LogP contribution in [0.5, 0.6) is 0 Å². The van der Waals surface area contributed by atoms with E-state index in [0.29, 0.717) is 25.3 Å². The molecule has 1 fully saturated rings. The quantitative estimate of drug-likeness (QED) is 0.814. The molecule has 1 aromatic heterocycles. The Kier molecular flexibility index (Phi) is 6.19. The van der Waals surface area contributed by atoms with Crippen LogP contribution in [0.3, 0.4) is 0 Å². The summed E-state index contributed by atoms with van der Waals surface area (Å²) in [7, 11) is 0. The Morgan fingerprint density at radius 1 is 1.35 bits per heavy atom. The first-order valence-electron chi connectivity index (χ1n) is 7.83. The number of nitrogens with zero attached hydrogens (tertiary/aromatic N) is 2. The maximum atomic E-state index is 11.8. The normalized spacial score (nSPS) is 14.8. The SMILES string of the molecule is Cl.NC(CNC(=O)CCc1cnn(-c2ccccc2)c1)C1CC1. The van der Waals surface area contributed by atoms with Crippen LogP contribution in [0.2, 0.25) is 0 Å². The van der Waals surface area contributed by atoms with E-state index in [9.17, 15) is 4.79 Å². The largest absolute Gasteiger partial charge is 0.355 e. The summed E-state index contributed by atoms with van der Waals surface area (Å²) < 4.78 is 1.83. The average Bonchev–Trinajstić information content (AvgIpc) is 3.30. The molecule has 0 bridgehead atoms. The molecule has 0 aliphatic heterocycles. The van der Waals surface area contributed by atoms with Gasteiger partial charge in [-0.05, 0) is 42.9 Å². The van der Waals surface area contributed by atoms with Crippen molar-refractivity contribution in [3.8, 4) is 5.69 Å². The van der Waals surface area contributed by atoms with Gasteiger partial charge in [0.25, 0.3) is 0 Å². The number of benzene rings is 1. The molecule has 1 unspecified atom stereocenters. The number of hydrogen-bond donors (Lipinski definition) is 2. The summed E-state index contributed by atoms with van der Waals surface area (Å²) in [6, 6.07) is 10.1. The van der Waals surface area contributed by atoms with Crippen molar-refractivity contribution in [1.29, 1.82) is 0 Å². The van der Waals surface area contributed by atoms with Crippen LogP contribution in [-0.4, -0.2) is 28.3 Å². The molecule has 3 N–H and O–H groups in total. The molecule has 124 valence electrons. The number of carbonyl (C=O) groups is 1. The van der Waals surface area contributed by atoms with E-state index in [1.807, 2.05) is 47.4 Å².